The molecule has 0 aromatic carbocycles. The van der Waals surface area contributed by atoms with Crippen LogP contribution in [0.25, 0.3) is 0 Å². The normalized spacial score (nSPS) is 24.8. The number of carbonyl (C=O) groups is 1. The Labute approximate surface area is 79.3 Å². The molecule has 0 aromatic rings. The van der Waals surface area contributed by atoms with Gasteiger partial charge in [0, 0.05) is 12.0 Å². The van der Waals surface area contributed by atoms with E-state index in [9.17, 15) is 4.79 Å². The fourth-order valence-electron chi connectivity index (χ4n) is 1.82. The van der Waals surface area contributed by atoms with Crippen LogP contribution in [0.5, 0.6) is 0 Å². The lowest BCUT2D eigenvalue weighted by Gasteiger charge is -2.10. The number of hydrogen-bond donors (Lipinski definition) is 0. The van der Waals surface area contributed by atoms with Crippen molar-refractivity contribution in [1.29, 1.82) is 0 Å². The SMILES string of the molecule is C=C(C)C1CCC/C1=C\C(=O)OC. The average molecular weight is 180 g/mol. The van der Waals surface area contributed by atoms with Gasteiger partial charge in [-0.15, -0.1) is 0 Å². The van der Waals surface area contributed by atoms with Crippen LogP contribution >= 0.6 is 0 Å². The van der Waals surface area contributed by atoms with Crippen molar-refractivity contribution in [2.75, 3.05) is 7.11 Å². The van der Waals surface area contributed by atoms with Crippen LogP contribution in [0, 0.1) is 5.92 Å². The smallest absolute Gasteiger partial charge is 0.330 e. The lowest BCUT2D eigenvalue weighted by Crippen LogP contribution is -2.02. The van der Waals surface area contributed by atoms with Crippen molar-refractivity contribution in [2.24, 2.45) is 5.92 Å². The van der Waals surface area contributed by atoms with E-state index in [1.54, 1.807) is 6.08 Å². The molecule has 0 aromatic heterocycles. The van der Waals surface area contributed by atoms with Gasteiger partial charge in [0.25, 0.3) is 0 Å². The molecule has 0 N–H and O–H groups in total. The summed E-state index contributed by atoms with van der Waals surface area (Å²) in [5, 5.41) is 0. The van der Waals surface area contributed by atoms with Gasteiger partial charge < -0.3 is 4.74 Å². The molecule has 2 nitrogen and oxygen atoms in total. The number of methoxy groups -OCH3 is 1. The molecule has 0 bridgehead atoms. The summed E-state index contributed by atoms with van der Waals surface area (Å²) in [4.78, 5) is 11.0. The minimum Gasteiger partial charge on any atom is -0.466 e. The van der Waals surface area contributed by atoms with Gasteiger partial charge in [0.2, 0.25) is 0 Å². The Hall–Kier alpha value is -1.05. The van der Waals surface area contributed by atoms with Gasteiger partial charge in [0.15, 0.2) is 0 Å². The van der Waals surface area contributed by atoms with Crippen molar-refractivity contribution < 1.29 is 9.53 Å². The summed E-state index contributed by atoms with van der Waals surface area (Å²) in [6.07, 6.45) is 4.90. The maximum absolute atomic E-state index is 11.0. The molecule has 1 aliphatic rings. The minimum absolute atomic E-state index is 0.247. The maximum Gasteiger partial charge on any atom is 0.330 e. The second-order valence-electron chi connectivity index (χ2n) is 3.53. The zero-order chi connectivity index (χ0) is 9.84. The van der Waals surface area contributed by atoms with E-state index >= 15 is 0 Å². The number of ether oxygens (including phenoxy) is 1. The molecular weight excluding hydrogens is 164 g/mol. The Morgan fingerprint density at radius 2 is 2.38 bits per heavy atom. The molecule has 0 amide bonds. The van der Waals surface area contributed by atoms with E-state index in [-0.39, 0.29) is 5.97 Å². The third kappa shape index (κ3) is 2.44. The van der Waals surface area contributed by atoms with Crippen LogP contribution in [-0.2, 0) is 9.53 Å². The fourth-order valence-corrected chi connectivity index (χ4v) is 1.82. The van der Waals surface area contributed by atoms with Crippen molar-refractivity contribution in [2.45, 2.75) is 26.2 Å². The van der Waals surface area contributed by atoms with E-state index in [4.69, 9.17) is 0 Å². The molecule has 1 fully saturated rings. The molecule has 0 saturated heterocycles. The summed E-state index contributed by atoms with van der Waals surface area (Å²) in [6.45, 7) is 5.94. The van der Waals surface area contributed by atoms with E-state index in [2.05, 4.69) is 11.3 Å². The van der Waals surface area contributed by atoms with Crippen LogP contribution < -0.4 is 0 Å². The molecule has 1 aliphatic carbocycles. The van der Waals surface area contributed by atoms with Crippen molar-refractivity contribution in [3.63, 3.8) is 0 Å². The van der Waals surface area contributed by atoms with Crippen LogP contribution in [-0.4, -0.2) is 13.1 Å². The van der Waals surface area contributed by atoms with Crippen LogP contribution in [0.3, 0.4) is 0 Å². The van der Waals surface area contributed by atoms with Crippen molar-refractivity contribution in [3.05, 3.63) is 23.8 Å². The molecule has 0 heterocycles. The van der Waals surface area contributed by atoms with Crippen LogP contribution in [0.15, 0.2) is 23.8 Å². The van der Waals surface area contributed by atoms with Gasteiger partial charge in [-0.2, -0.15) is 0 Å². The highest BCUT2D eigenvalue weighted by Crippen LogP contribution is 2.35. The summed E-state index contributed by atoms with van der Waals surface area (Å²) in [6, 6.07) is 0. The molecule has 1 rings (SSSR count). The highest BCUT2D eigenvalue weighted by atomic mass is 16.5. The maximum atomic E-state index is 11.0. The topological polar surface area (TPSA) is 26.3 Å². The lowest BCUT2D eigenvalue weighted by molar-refractivity contribution is -0.134. The van der Waals surface area contributed by atoms with Gasteiger partial charge in [-0.25, -0.2) is 4.79 Å². The predicted octanol–water partition coefficient (Wildman–Crippen LogP) is 2.46. The highest BCUT2D eigenvalue weighted by molar-refractivity contribution is 5.82. The quantitative estimate of drug-likeness (QED) is 0.370. The van der Waals surface area contributed by atoms with Gasteiger partial charge in [-0.05, 0) is 26.2 Å². The van der Waals surface area contributed by atoms with Gasteiger partial charge >= 0.3 is 5.97 Å². The Kier molecular flexibility index (Phi) is 3.29. The van der Waals surface area contributed by atoms with E-state index in [1.165, 1.54) is 12.7 Å². The summed E-state index contributed by atoms with van der Waals surface area (Å²) in [5.41, 5.74) is 2.33. The largest absolute Gasteiger partial charge is 0.466 e. The highest BCUT2D eigenvalue weighted by Gasteiger charge is 2.22. The van der Waals surface area contributed by atoms with Crippen LogP contribution in [0.1, 0.15) is 26.2 Å². The van der Waals surface area contributed by atoms with Gasteiger partial charge in [0.05, 0.1) is 7.11 Å². The van der Waals surface area contributed by atoms with E-state index in [1.807, 2.05) is 6.92 Å². The van der Waals surface area contributed by atoms with E-state index in [0.717, 1.165) is 24.8 Å². The van der Waals surface area contributed by atoms with Crippen LogP contribution in [0.2, 0.25) is 0 Å². The first-order chi connectivity index (χ1) is 6.15. The number of hydrogen-bond acceptors (Lipinski definition) is 2. The van der Waals surface area contributed by atoms with Crippen LogP contribution in [0.4, 0.5) is 0 Å². The average Bonchev–Trinajstić information content (AvgIpc) is 2.52. The first-order valence-corrected chi connectivity index (χ1v) is 4.59. The number of rotatable bonds is 2. The number of allylic oxidation sites excluding steroid dienone is 2. The monoisotopic (exact) mass is 180 g/mol. The first kappa shape index (κ1) is 10.0. The van der Waals surface area contributed by atoms with Gasteiger partial charge in [-0.3, -0.25) is 0 Å². The van der Waals surface area contributed by atoms with E-state index < -0.39 is 0 Å². The first-order valence-electron chi connectivity index (χ1n) is 4.59. The van der Waals surface area contributed by atoms with Crippen molar-refractivity contribution in [1.82, 2.24) is 0 Å². The van der Waals surface area contributed by atoms with Crippen molar-refractivity contribution >= 4 is 5.97 Å². The molecule has 0 radical (unpaired) electrons. The van der Waals surface area contributed by atoms with Gasteiger partial charge in [-0.1, -0.05) is 17.7 Å². The molecular formula is C11H16O2. The number of esters is 1. The van der Waals surface area contributed by atoms with Gasteiger partial charge in [0.1, 0.15) is 0 Å². The molecule has 1 unspecified atom stereocenters. The molecule has 1 saturated carbocycles. The molecule has 1 atom stereocenters. The summed E-state index contributed by atoms with van der Waals surface area (Å²) >= 11 is 0. The molecule has 13 heavy (non-hydrogen) atoms. The lowest BCUT2D eigenvalue weighted by atomic mass is 9.96. The standard InChI is InChI=1S/C11H16O2/c1-8(2)10-6-4-5-9(10)7-11(12)13-3/h7,10H,1,4-6H2,2-3H3/b9-7+. The molecule has 2 heteroatoms. The summed E-state index contributed by atoms with van der Waals surface area (Å²) in [5.74, 6) is 0.155. The zero-order valence-corrected chi connectivity index (χ0v) is 8.30. The molecule has 72 valence electrons. The third-order valence-electron chi connectivity index (χ3n) is 2.51. The summed E-state index contributed by atoms with van der Waals surface area (Å²) < 4.78 is 4.60. The molecule has 0 spiro atoms. The molecule has 0 aliphatic heterocycles. The Balaban J connectivity index is 2.73. The third-order valence-corrected chi connectivity index (χ3v) is 2.51. The van der Waals surface area contributed by atoms with E-state index in [0.29, 0.717) is 5.92 Å². The minimum atomic E-state index is -0.247. The predicted molar refractivity (Wildman–Crippen MR) is 52.3 cm³/mol. The second kappa shape index (κ2) is 4.26. The Bertz CT molecular complexity index is 251. The Morgan fingerprint density at radius 1 is 1.69 bits per heavy atom. The second-order valence-corrected chi connectivity index (χ2v) is 3.53. The Morgan fingerprint density at radius 3 is 2.92 bits per heavy atom. The van der Waals surface area contributed by atoms with Crippen molar-refractivity contribution in [3.8, 4) is 0 Å². The fraction of sp³-hybridized carbons (Fsp3) is 0.545. The zero-order valence-electron chi connectivity index (χ0n) is 8.30. The number of carbonyl (C=O) groups excluding carboxylic acids is 1. The summed E-state index contributed by atoms with van der Waals surface area (Å²) in [7, 11) is 1.41.